The van der Waals surface area contributed by atoms with E-state index in [2.05, 4.69) is 21.2 Å². The van der Waals surface area contributed by atoms with Crippen LogP contribution in [0.2, 0.25) is 0 Å². The van der Waals surface area contributed by atoms with E-state index in [0.717, 1.165) is 23.7 Å². The zero-order chi connectivity index (χ0) is 13.9. The first-order chi connectivity index (χ1) is 9.10. The highest BCUT2D eigenvalue weighted by atomic mass is 79.9. The van der Waals surface area contributed by atoms with Gasteiger partial charge < -0.3 is 14.8 Å². The molecular formula is C14H18BrNO3. The summed E-state index contributed by atoms with van der Waals surface area (Å²) in [7, 11) is 3.30. The van der Waals surface area contributed by atoms with E-state index in [0.29, 0.717) is 17.9 Å². The number of benzene rings is 1. The number of amides is 1. The number of carbonyl (C=O) groups excluding carboxylic acids is 1. The maximum absolute atomic E-state index is 12.1. The summed E-state index contributed by atoms with van der Waals surface area (Å²) in [6.45, 7) is 0.561. The lowest BCUT2D eigenvalue weighted by molar-refractivity contribution is -0.0679. The highest BCUT2D eigenvalue weighted by Crippen LogP contribution is 2.34. The van der Waals surface area contributed by atoms with Gasteiger partial charge in [0.1, 0.15) is 5.75 Å². The van der Waals surface area contributed by atoms with Crippen LogP contribution >= 0.6 is 15.9 Å². The molecule has 0 atom stereocenters. The lowest BCUT2D eigenvalue weighted by Gasteiger charge is -2.40. The number of hydrogen-bond acceptors (Lipinski definition) is 3. The molecule has 4 nitrogen and oxygen atoms in total. The number of ether oxygens (including phenoxy) is 2. The lowest BCUT2D eigenvalue weighted by atomic mass is 9.80. The molecule has 0 radical (unpaired) electrons. The minimum Gasteiger partial charge on any atom is -0.496 e. The standard InChI is InChI=1S/C14H18BrNO3/c1-18-12-5-4-10(8-11(12)15)13(17)16-9-14(19-2)6-3-7-14/h4-5,8H,3,6-7,9H2,1-2H3,(H,16,17). The monoisotopic (exact) mass is 327 g/mol. The molecule has 1 saturated carbocycles. The summed E-state index contributed by atoms with van der Waals surface area (Å²) in [6, 6.07) is 5.28. The fraction of sp³-hybridized carbons (Fsp3) is 0.500. The molecule has 1 fully saturated rings. The molecule has 19 heavy (non-hydrogen) atoms. The third-order valence-electron chi connectivity index (χ3n) is 3.68. The number of carbonyl (C=O) groups is 1. The van der Waals surface area contributed by atoms with Crippen molar-refractivity contribution in [2.24, 2.45) is 0 Å². The van der Waals surface area contributed by atoms with E-state index in [9.17, 15) is 4.79 Å². The summed E-state index contributed by atoms with van der Waals surface area (Å²) in [5.41, 5.74) is 0.456. The van der Waals surface area contributed by atoms with Crippen molar-refractivity contribution < 1.29 is 14.3 Å². The Balaban J connectivity index is 1.98. The van der Waals surface area contributed by atoms with Crippen molar-refractivity contribution in [1.29, 1.82) is 0 Å². The van der Waals surface area contributed by atoms with E-state index in [1.54, 1.807) is 32.4 Å². The minimum atomic E-state index is -0.153. The molecular weight excluding hydrogens is 310 g/mol. The molecule has 0 spiro atoms. The van der Waals surface area contributed by atoms with Crippen LogP contribution in [0.15, 0.2) is 22.7 Å². The smallest absolute Gasteiger partial charge is 0.251 e. The second-order valence-corrected chi connectivity index (χ2v) is 5.63. The molecule has 0 aromatic heterocycles. The van der Waals surface area contributed by atoms with Crippen molar-refractivity contribution in [2.75, 3.05) is 20.8 Å². The Bertz CT molecular complexity index is 466. The average molecular weight is 328 g/mol. The van der Waals surface area contributed by atoms with Gasteiger partial charge in [-0.2, -0.15) is 0 Å². The molecule has 0 heterocycles. The van der Waals surface area contributed by atoms with Gasteiger partial charge in [-0.1, -0.05) is 0 Å². The number of rotatable bonds is 5. The summed E-state index contributed by atoms with van der Waals surface area (Å²) in [4.78, 5) is 12.1. The Morgan fingerprint density at radius 2 is 2.16 bits per heavy atom. The van der Waals surface area contributed by atoms with Gasteiger partial charge in [0.05, 0.1) is 17.2 Å². The van der Waals surface area contributed by atoms with Gasteiger partial charge in [-0.25, -0.2) is 0 Å². The third kappa shape index (κ3) is 3.09. The Kier molecular flexibility index (Phi) is 4.47. The fourth-order valence-corrected chi connectivity index (χ4v) is 2.72. The molecule has 1 aromatic carbocycles. The average Bonchev–Trinajstić information content (AvgIpc) is 2.37. The summed E-state index contributed by atoms with van der Waals surface area (Å²) in [6.07, 6.45) is 3.18. The predicted molar refractivity (Wildman–Crippen MR) is 76.6 cm³/mol. The van der Waals surface area contributed by atoms with Crippen molar-refractivity contribution in [2.45, 2.75) is 24.9 Å². The minimum absolute atomic E-state index is 0.0910. The normalized spacial score (nSPS) is 16.6. The SMILES string of the molecule is COc1ccc(C(=O)NCC2(OC)CCC2)cc1Br. The van der Waals surface area contributed by atoms with Gasteiger partial charge in [-0.3, -0.25) is 4.79 Å². The maximum Gasteiger partial charge on any atom is 0.251 e. The van der Waals surface area contributed by atoms with Crippen LogP contribution < -0.4 is 10.1 Å². The summed E-state index contributed by atoms with van der Waals surface area (Å²) in [5, 5.41) is 2.93. The van der Waals surface area contributed by atoms with Crippen molar-refractivity contribution in [3.63, 3.8) is 0 Å². The third-order valence-corrected chi connectivity index (χ3v) is 4.30. The zero-order valence-electron chi connectivity index (χ0n) is 11.2. The second kappa shape index (κ2) is 5.92. The van der Waals surface area contributed by atoms with E-state index in [1.807, 2.05) is 0 Å². The first-order valence-electron chi connectivity index (χ1n) is 6.27. The second-order valence-electron chi connectivity index (χ2n) is 4.77. The van der Waals surface area contributed by atoms with E-state index in [1.165, 1.54) is 0 Å². The molecule has 1 aliphatic rings. The maximum atomic E-state index is 12.1. The summed E-state index contributed by atoms with van der Waals surface area (Å²) >= 11 is 3.38. The summed E-state index contributed by atoms with van der Waals surface area (Å²) in [5.74, 6) is 0.621. The van der Waals surface area contributed by atoms with Crippen molar-refractivity contribution in [3.8, 4) is 5.75 Å². The first-order valence-corrected chi connectivity index (χ1v) is 7.06. The summed E-state index contributed by atoms with van der Waals surface area (Å²) < 4.78 is 11.4. The molecule has 0 saturated heterocycles. The van der Waals surface area contributed by atoms with Gasteiger partial charge in [0.2, 0.25) is 0 Å². The van der Waals surface area contributed by atoms with Crippen LogP contribution in [-0.4, -0.2) is 32.3 Å². The molecule has 1 N–H and O–H groups in total. The molecule has 0 bridgehead atoms. The highest BCUT2D eigenvalue weighted by molar-refractivity contribution is 9.10. The lowest BCUT2D eigenvalue weighted by Crippen LogP contribution is -2.49. The molecule has 1 aromatic rings. The van der Waals surface area contributed by atoms with Gasteiger partial charge in [-0.05, 0) is 53.4 Å². The molecule has 1 aliphatic carbocycles. The van der Waals surface area contributed by atoms with Gasteiger partial charge in [0.15, 0.2) is 0 Å². The van der Waals surface area contributed by atoms with Gasteiger partial charge in [0, 0.05) is 19.2 Å². The first kappa shape index (κ1) is 14.3. The van der Waals surface area contributed by atoms with E-state index in [-0.39, 0.29) is 11.5 Å². The van der Waals surface area contributed by atoms with E-state index in [4.69, 9.17) is 9.47 Å². The van der Waals surface area contributed by atoms with Crippen LogP contribution in [-0.2, 0) is 4.74 Å². The topological polar surface area (TPSA) is 47.6 Å². The van der Waals surface area contributed by atoms with Crippen molar-refractivity contribution in [3.05, 3.63) is 28.2 Å². The van der Waals surface area contributed by atoms with Crippen LogP contribution in [0.5, 0.6) is 5.75 Å². The van der Waals surface area contributed by atoms with Crippen LogP contribution in [0.25, 0.3) is 0 Å². The Morgan fingerprint density at radius 1 is 1.42 bits per heavy atom. The fourth-order valence-electron chi connectivity index (χ4n) is 2.18. The number of hydrogen-bond donors (Lipinski definition) is 1. The molecule has 104 valence electrons. The Morgan fingerprint density at radius 3 is 2.63 bits per heavy atom. The van der Waals surface area contributed by atoms with Crippen LogP contribution in [0.1, 0.15) is 29.6 Å². The number of halogens is 1. The molecule has 2 rings (SSSR count). The van der Waals surface area contributed by atoms with Gasteiger partial charge in [0.25, 0.3) is 5.91 Å². The van der Waals surface area contributed by atoms with Gasteiger partial charge in [-0.15, -0.1) is 0 Å². The highest BCUT2D eigenvalue weighted by Gasteiger charge is 2.37. The van der Waals surface area contributed by atoms with E-state index < -0.39 is 0 Å². The molecule has 0 unspecified atom stereocenters. The molecule has 0 aliphatic heterocycles. The van der Waals surface area contributed by atoms with Gasteiger partial charge >= 0.3 is 0 Å². The quantitative estimate of drug-likeness (QED) is 0.904. The number of nitrogens with one attached hydrogen (secondary N) is 1. The largest absolute Gasteiger partial charge is 0.496 e. The zero-order valence-corrected chi connectivity index (χ0v) is 12.7. The molecule has 5 heteroatoms. The van der Waals surface area contributed by atoms with E-state index >= 15 is 0 Å². The Labute approximate surface area is 121 Å². The molecule has 1 amide bonds. The van der Waals surface area contributed by atoms with Crippen molar-refractivity contribution >= 4 is 21.8 Å². The van der Waals surface area contributed by atoms with Crippen LogP contribution in [0.3, 0.4) is 0 Å². The Hall–Kier alpha value is -1.07. The van der Waals surface area contributed by atoms with Crippen LogP contribution in [0.4, 0.5) is 0 Å². The number of methoxy groups -OCH3 is 2. The predicted octanol–water partition coefficient (Wildman–Crippen LogP) is 2.76. The van der Waals surface area contributed by atoms with Crippen molar-refractivity contribution in [1.82, 2.24) is 5.32 Å². The van der Waals surface area contributed by atoms with Crippen LogP contribution in [0, 0.1) is 0 Å².